The molecule has 4 N–H and O–H groups in total. The van der Waals surface area contributed by atoms with Gasteiger partial charge in [-0.1, -0.05) is 12.1 Å². The van der Waals surface area contributed by atoms with E-state index in [1.807, 2.05) is 0 Å². The van der Waals surface area contributed by atoms with Crippen LogP contribution in [0.5, 0.6) is 0 Å². The summed E-state index contributed by atoms with van der Waals surface area (Å²) >= 11 is 0. The number of aromatic amines is 1. The second kappa shape index (κ2) is 7.76. The smallest absolute Gasteiger partial charge is 0.323 e. The molecule has 2 aromatic heterocycles. The summed E-state index contributed by atoms with van der Waals surface area (Å²) < 4.78 is 62.5. The number of halogens is 3. The van der Waals surface area contributed by atoms with E-state index in [0.29, 0.717) is 17.0 Å². The van der Waals surface area contributed by atoms with Gasteiger partial charge in [-0.3, -0.25) is 5.10 Å². The first-order valence-corrected chi connectivity index (χ1v) is 10.6. The average Bonchev–Trinajstić information content (AvgIpc) is 3.16. The average molecular weight is 463 g/mol. The van der Waals surface area contributed by atoms with Crippen molar-refractivity contribution >= 4 is 44.2 Å². The van der Waals surface area contributed by atoms with Crippen molar-refractivity contribution in [3.05, 3.63) is 60.3 Å². The third kappa shape index (κ3) is 4.20. The van der Waals surface area contributed by atoms with E-state index in [2.05, 4.69) is 25.5 Å². The van der Waals surface area contributed by atoms with Gasteiger partial charge in [-0.15, -0.1) is 0 Å². The molecule has 0 unspecified atom stereocenters. The number of aromatic nitrogens is 4. The Labute approximate surface area is 180 Å². The van der Waals surface area contributed by atoms with Crippen LogP contribution in [0.2, 0.25) is 0 Å². The van der Waals surface area contributed by atoms with Crippen molar-refractivity contribution in [2.24, 2.45) is 5.14 Å². The number of H-pyrrole nitrogens is 1. The van der Waals surface area contributed by atoms with Crippen LogP contribution >= 0.6 is 0 Å². The van der Waals surface area contributed by atoms with Crippen LogP contribution in [-0.4, -0.2) is 35.6 Å². The fourth-order valence-corrected chi connectivity index (χ4v) is 3.77. The van der Waals surface area contributed by atoms with Crippen molar-refractivity contribution in [2.45, 2.75) is 11.1 Å². The summed E-state index contributed by atoms with van der Waals surface area (Å²) in [4.78, 5) is 9.87. The van der Waals surface area contributed by atoms with Gasteiger partial charge in [0.1, 0.15) is 10.7 Å². The molecule has 4 aromatic rings. The standard InChI is InChI=1S/C19H16F3N7O2S/c1-29(17-12-7-6-11(19(20,21)22)10-14(12)27-28-17)16-8-9-24-18(26-16)25-13-4-2-3-5-15(13)32(23,30)31/h2-10H,1H3,(H,27,28)(H2,23,30,31)(H,24,25,26). The van der Waals surface area contributed by atoms with E-state index < -0.39 is 21.8 Å². The summed E-state index contributed by atoms with van der Waals surface area (Å²) in [5.41, 5.74) is -0.374. The van der Waals surface area contributed by atoms with Crippen LogP contribution in [0, 0.1) is 0 Å². The lowest BCUT2D eigenvalue weighted by Crippen LogP contribution is -2.15. The first-order valence-electron chi connectivity index (χ1n) is 9.05. The van der Waals surface area contributed by atoms with Gasteiger partial charge in [-0.05, 0) is 36.4 Å². The van der Waals surface area contributed by atoms with Crippen LogP contribution < -0.4 is 15.4 Å². The van der Waals surface area contributed by atoms with Gasteiger partial charge in [0.25, 0.3) is 0 Å². The Bertz CT molecular complexity index is 1400. The van der Waals surface area contributed by atoms with Crippen molar-refractivity contribution in [3.63, 3.8) is 0 Å². The number of alkyl halides is 3. The minimum atomic E-state index is -4.47. The van der Waals surface area contributed by atoms with E-state index in [0.717, 1.165) is 12.1 Å². The van der Waals surface area contributed by atoms with Gasteiger partial charge in [-0.2, -0.15) is 23.3 Å². The van der Waals surface area contributed by atoms with Crippen molar-refractivity contribution < 1.29 is 21.6 Å². The Morgan fingerprint density at radius 3 is 2.59 bits per heavy atom. The predicted molar refractivity (Wildman–Crippen MR) is 112 cm³/mol. The predicted octanol–water partition coefficient (Wildman–Crippen LogP) is 3.53. The first kappa shape index (κ1) is 21.5. The van der Waals surface area contributed by atoms with E-state index in [9.17, 15) is 21.6 Å². The number of primary sulfonamides is 1. The largest absolute Gasteiger partial charge is 0.416 e. The highest BCUT2D eigenvalue weighted by atomic mass is 32.2. The van der Waals surface area contributed by atoms with Crippen molar-refractivity contribution in [2.75, 3.05) is 17.3 Å². The van der Waals surface area contributed by atoms with Crippen LogP contribution in [0.3, 0.4) is 0 Å². The Balaban J connectivity index is 1.66. The zero-order chi connectivity index (χ0) is 23.1. The molecule has 0 amide bonds. The Morgan fingerprint density at radius 2 is 1.88 bits per heavy atom. The number of fused-ring (bicyclic) bond motifs is 1. The van der Waals surface area contributed by atoms with Crippen LogP contribution in [0.1, 0.15) is 5.56 Å². The number of para-hydroxylation sites is 1. The minimum Gasteiger partial charge on any atom is -0.323 e. The second-order valence-electron chi connectivity index (χ2n) is 6.77. The zero-order valence-corrected chi connectivity index (χ0v) is 17.2. The number of benzene rings is 2. The molecule has 2 aromatic carbocycles. The van der Waals surface area contributed by atoms with Crippen LogP contribution in [-0.2, 0) is 16.2 Å². The second-order valence-corrected chi connectivity index (χ2v) is 8.30. The van der Waals surface area contributed by atoms with Gasteiger partial charge in [-0.25, -0.2) is 18.5 Å². The number of nitrogens with one attached hydrogen (secondary N) is 2. The molecule has 13 heteroatoms. The molecule has 166 valence electrons. The van der Waals surface area contributed by atoms with E-state index >= 15 is 0 Å². The molecule has 4 rings (SSSR count). The summed E-state index contributed by atoms with van der Waals surface area (Å²) in [7, 11) is -2.34. The molecule has 0 fully saturated rings. The molecule has 0 atom stereocenters. The SMILES string of the molecule is CN(c1ccnc(Nc2ccccc2S(N)(=O)=O)n1)c1n[nH]c2cc(C(F)(F)F)ccc12. The lowest BCUT2D eigenvalue weighted by Gasteiger charge is -2.17. The third-order valence-electron chi connectivity index (χ3n) is 4.61. The molecule has 0 saturated carbocycles. The molecule has 32 heavy (non-hydrogen) atoms. The van der Waals surface area contributed by atoms with Crippen molar-refractivity contribution in [3.8, 4) is 0 Å². The Kier molecular flexibility index (Phi) is 5.22. The summed E-state index contributed by atoms with van der Waals surface area (Å²) in [6.07, 6.45) is -3.02. The molecule has 0 aliphatic rings. The summed E-state index contributed by atoms with van der Waals surface area (Å²) in [5.74, 6) is 0.803. The molecule has 0 aliphatic heterocycles. The number of nitrogens with zero attached hydrogens (tertiary/aromatic N) is 4. The number of hydrogen-bond acceptors (Lipinski definition) is 7. The molecular formula is C19H16F3N7O2S. The van der Waals surface area contributed by atoms with Gasteiger partial charge in [0.2, 0.25) is 16.0 Å². The maximum absolute atomic E-state index is 13.0. The fraction of sp³-hybridized carbons (Fsp3) is 0.105. The highest BCUT2D eigenvalue weighted by Gasteiger charge is 2.31. The van der Waals surface area contributed by atoms with E-state index in [1.54, 1.807) is 24.1 Å². The topological polar surface area (TPSA) is 130 Å². The lowest BCUT2D eigenvalue weighted by atomic mass is 10.1. The Hall–Kier alpha value is -3.71. The molecular weight excluding hydrogens is 447 g/mol. The summed E-state index contributed by atoms with van der Waals surface area (Å²) in [6.45, 7) is 0. The van der Waals surface area contributed by atoms with E-state index in [-0.39, 0.29) is 22.0 Å². The van der Waals surface area contributed by atoms with Gasteiger partial charge >= 0.3 is 6.18 Å². The van der Waals surface area contributed by atoms with Crippen LogP contribution in [0.25, 0.3) is 10.9 Å². The van der Waals surface area contributed by atoms with Crippen molar-refractivity contribution in [1.29, 1.82) is 0 Å². The van der Waals surface area contributed by atoms with Crippen molar-refractivity contribution in [1.82, 2.24) is 20.2 Å². The highest BCUT2D eigenvalue weighted by molar-refractivity contribution is 7.89. The van der Waals surface area contributed by atoms with Crippen LogP contribution in [0.15, 0.2) is 59.6 Å². The number of nitrogens with two attached hydrogens (primary N) is 1. The first-order chi connectivity index (χ1) is 15.0. The number of hydrogen-bond donors (Lipinski definition) is 3. The molecule has 0 aliphatic carbocycles. The maximum Gasteiger partial charge on any atom is 0.416 e. The van der Waals surface area contributed by atoms with Gasteiger partial charge < -0.3 is 10.2 Å². The zero-order valence-electron chi connectivity index (χ0n) is 16.4. The van der Waals surface area contributed by atoms with Gasteiger partial charge in [0.05, 0.1) is 16.8 Å². The Morgan fingerprint density at radius 1 is 1.12 bits per heavy atom. The minimum absolute atomic E-state index is 0.0876. The number of anilines is 4. The summed E-state index contributed by atoms with van der Waals surface area (Å²) in [6, 6.07) is 10.9. The highest BCUT2D eigenvalue weighted by Crippen LogP contribution is 2.34. The molecule has 2 heterocycles. The monoisotopic (exact) mass is 463 g/mol. The van der Waals surface area contributed by atoms with Crippen LogP contribution in [0.4, 0.5) is 36.4 Å². The lowest BCUT2D eigenvalue weighted by molar-refractivity contribution is -0.137. The maximum atomic E-state index is 13.0. The number of rotatable bonds is 5. The summed E-state index contributed by atoms with van der Waals surface area (Å²) in [5, 5.41) is 15.2. The molecule has 0 bridgehead atoms. The molecule has 0 radical (unpaired) electrons. The molecule has 0 spiro atoms. The van der Waals surface area contributed by atoms with Gasteiger partial charge in [0, 0.05) is 18.6 Å². The number of sulfonamides is 1. The van der Waals surface area contributed by atoms with E-state index in [1.165, 1.54) is 30.5 Å². The fourth-order valence-electron chi connectivity index (χ4n) is 3.08. The third-order valence-corrected chi connectivity index (χ3v) is 5.58. The quantitative estimate of drug-likeness (QED) is 0.413. The van der Waals surface area contributed by atoms with E-state index in [4.69, 9.17) is 5.14 Å². The van der Waals surface area contributed by atoms with Gasteiger partial charge in [0.15, 0.2) is 5.82 Å². The molecule has 9 nitrogen and oxygen atoms in total. The molecule has 0 saturated heterocycles. The normalized spacial score (nSPS) is 12.2.